The normalized spacial score (nSPS) is 16.5. The summed E-state index contributed by atoms with van der Waals surface area (Å²) in [5, 5.41) is 6.67. The number of methoxy groups -OCH3 is 1. The largest absolute Gasteiger partial charge is 0.382 e. The molecule has 0 atom stereocenters. The molecule has 0 aliphatic carbocycles. The Kier molecular flexibility index (Phi) is 12.9. The van der Waals surface area contributed by atoms with Crippen molar-refractivity contribution >= 4 is 5.96 Å². The van der Waals surface area contributed by atoms with Gasteiger partial charge in [0.25, 0.3) is 0 Å². The summed E-state index contributed by atoms with van der Waals surface area (Å²) in [5.74, 6) is 0.895. The van der Waals surface area contributed by atoms with Gasteiger partial charge >= 0.3 is 0 Å². The zero-order valence-corrected chi connectivity index (χ0v) is 14.8. The van der Waals surface area contributed by atoms with Gasteiger partial charge in [-0.25, -0.2) is 0 Å². The van der Waals surface area contributed by atoms with Crippen LogP contribution in [0.2, 0.25) is 0 Å². The monoisotopic (exact) mass is 330 g/mol. The molecule has 7 nitrogen and oxygen atoms in total. The van der Waals surface area contributed by atoms with E-state index in [9.17, 15) is 0 Å². The van der Waals surface area contributed by atoms with Gasteiger partial charge in [-0.2, -0.15) is 0 Å². The molecule has 136 valence electrons. The Morgan fingerprint density at radius 2 is 1.96 bits per heavy atom. The minimum absolute atomic E-state index is 0.649. The number of nitrogens with one attached hydrogen (secondary N) is 2. The lowest BCUT2D eigenvalue weighted by molar-refractivity contribution is 0.0376. The van der Waals surface area contributed by atoms with Gasteiger partial charge in [-0.3, -0.25) is 9.89 Å². The lowest BCUT2D eigenvalue weighted by Crippen LogP contribution is -2.40. The minimum atomic E-state index is 0.649. The molecule has 1 aliphatic heterocycles. The van der Waals surface area contributed by atoms with E-state index in [1.807, 2.05) is 0 Å². The molecule has 1 rings (SSSR count). The first-order chi connectivity index (χ1) is 11.4. The lowest BCUT2D eigenvalue weighted by atomic mass is 10.3. The number of aliphatic imine (C=N–C) groups is 1. The van der Waals surface area contributed by atoms with Crippen molar-refractivity contribution in [3.05, 3.63) is 0 Å². The molecule has 1 aliphatic rings. The SMILES string of the molecule is CCNC(=NCCCOCCOC)NCCCN1CCOCC1. The first kappa shape index (κ1) is 20.2. The van der Waals surface area contributed by atoms with Gasteiger partial charge in [0.2, 0.25) is 0 Å². The fourth-order valence-electron chi connectivity index (χ4n) is 2.28. The maximum Gasteiger partial charge on any atom is 0.191 e. The molecule has 1 fully saturated rings. The van der Waals surface area contributed by atoms with Crippen LogP contribution in [0.5, 0.6) is 0 Å². The van der Waals surface area contributed by atoms with E-state index >= 15 is 0 Å². The quantitative estimate of drug-likeness (QED) is 0.305. The van der Waals surface area contributed by atoms with Crippen LogP contribution in [0.25, 0.3) is 0 Å². The highest BCUT2D eigenvalue weighted by Crippen LogP contribution is 1.97. The first-order valence-electron chi connectivity index (χ1n) is 8.75. The van der Waals surface area contributed by atoms with Crippen molar-refractivity contribution in [1.29, 1.82) is 0 Å². The summed E-state index contributed by atoms with van der Waals surface area (Å²) in [4.78, 5) is 7.02. The number of hydrogen-bond acceptors (Lipinski definition) is 5. The summed E-state index contributed by atoms with van der Waals surface area (Å²) in [6.07, 6.45) is 2.04. The molecule has 0 aromatic rings. The molecule has 0 spiro atoms. The second kappa shape index (κ2) is 14.7. The Morgan fingerprint density at radius 3 is 2.70 bits per heavy atom. The van der Waals surface area contributed by atoms with Crippen molar-refractivity contribution in [2.45, 2.75) is 19.8 Å². The summed E-state index contributed by atoms with van der Waals surface area (Å²) in [5.41, 5.74) is 0. The van der Waals surface area contributed by atoms with Crippen LogP contribution in [0, 0.1) is 0 Å². The molecular formula is C16H34N4O3. The van der Waals surface area contributed by atoms with Crippen molar-refractivity contribution in [2.24, 2.45) is 4.99 Å². The van der Waals surface area contributed by atoms with E-state index in [4.69, 9.17) is 14.2 Å². The fraction of sp³-hybridized carbons (Fsp3) is 0.938. The summed E-state index contributed by atoms with van der Waals surface area (Å²) in [7, 11) is 1.68. The van der Waals surface area contributed by atoms with E-state index < -0.39 is 0 Å². The molecule has 0 amide bonds. The van der Waals surface area contributed by atoms with E-state index in [1.54, 1.807) is 7.11 Å². The Bertz CT molecular complexity index is 297. The third-order valence-corrected chi connectivity index (χ3v) is 3.54. The van der Waals surface area contributed by atoms with Gasteiger partial charge in [-0.1, -0.05) is 0 Å². The van der Waals surface area contributed by atoms with Crippen LogP contribution in [0.3, 0.4) is 0 Å². The van der Waals surface area contributed by atoms with Crippen LogP contribution in [0.1, 0.15) is 19.8 Å². The van der Waals surface area contributed by atoms with Crippen molar-refractivity contribution in [3.63, 3.8) is 0 Å². The highest BCUT2D eigenvalue weighted by Gasteiger charge is 2.09. The van der Waals surface area contributed by atoms with Gasteiger partial charge in [0.15, 0.2) is 5.96 Å². The molecule has 7 heteroatoms. The highest BCUT2D eigenvalue weighted by molar-refractivity contribution is 5.79. The minimum Gasteiger partial charge on any atom is -0.382 e. The predicted octanol–water partition coefficient (Wildman–Crippen LogP) is 0.317. The van der Waals surface area contributed by atoms with E-state index in [-0.39, 0.29) is 0 Å². The number of ether oxygens (including phenoxy) is 3. The molecule has 0 aromatic carbocycles. The van der Waals surface area contributed by atoms with Crippen LogP contribution in [0.15, 0.2) is 4.99 Å². The van der Waals surface area contributed by atoms with Gasteiger partial charge in [0.05, 0.1) is 26.4 Å². The maximum atomic E-state index is 5.43. The van der Waals surface area contributed by atoms with Gasteiger partial charge < -0.3 is 24.8 Å². The summed E-state index contributed by atoms with van der Waals surface area (Å²) in [6, 6.07) is 0. The number of morpholine rings is 1. The van der Waals surface area contributed by atoms with Crippen molar-refractivity contribution in [3.8, 4) is 0 Å². The van der Waals surface area contributed by atoms with Crippen LogP contribution < -0.4 is 10.6 Å². The third kappa shape index (κ3) is 11.3. The van der Waals surface area contributed by atoms with Gasteiger partial charge in [0.1, 0.15) is 0 Å². The summed E-state index contributed by atoms with van der Waals surface area (Å²) < 4.78 is 15.7. The number of rotatable bonds is 12. The van der Waals surface area contributed by atoms with Gasteiger partial charge in [0, 0.05) is 46.4 Å². The van der Waals surface area contributed by atoms with Crippen LogP contribution >= 0.6 is 0 Å². The molecule has 0 aromatic heterocycles. The highest BCUT2D eigenvalue weighted by atomic mass is 16.5. The maximum absolute atomic E-state index is 5.43. The molecule has 0 unspecified atom stereocenters. The number of nitrogens with zero attached hydrogens (tertiary/aromatic N) is 2. The average molecular weight is 330 g/mol. The summed E-state index contributed by atoms with van der Waals surface area (Å²) >= 11 is 0. The van der Waals surface area contributed by atoms with E-state index in [0.717, 1.165) is 77.9 Å². The van der Waals surface area contributed by atoms with Crippen LogP contribution in [-0.4, -0.2) is 90.3 Å². The summed E-state index contributed by atoms with van der Waals surface area (Å²) in [6.45, 7) is 11.6. The molecule has 2 N–H and O–H groups in total. The van der Waals surface area contributed by atoms with Crippen molar-refractivity contribution in [1.82, 2.24) is 15.5 Å². The Balaban J connectivity index is 2.06. The topological polar surface area (TPSA) is 67.4 Å². The van der Waals surface area contributed by atoms with Crippen molar-refractivity contribution in [2.75, 3.05) is 79.4 Å². The molecular weight excluding hydrogens is 296 g/mol. The van der Waals surface area contributed by atoms with E-state index in [0.29, 0.717) is 13.2 Å². The number of guanidine groups is 1. The van der Waals surface area contributed by atoms with Crippen molar-refractivity contribution < 1.29 is 14.2 Å². The smallest absolute Gasteiger partial charge is 0.191 e. The fourth-order valence-corrected chi connectivity index (χ4v) is 2.28. The average Bonchev–Trinajstić information content (AvgIpc) is 2.58. The Hall–Kier alpha value is -0.890. The zero-order valence-electron chi connectivity index (χ0n) is 14.8. The molecule has 0 bridgehead atoms. The standard InChI is InChI=1S/C16H34N4O3/c1-3-17-16(19-7-5-11-22-15-14-21-2)18-6-4-8-20-9-12-23-13-10-20/h3-15H2,1-2H3,(H2,17,18,19). The van der Waals surface area contributed by atoms with E-state index in [2.05, 4.69) is 27.4 Å². The first-order valence-corrected chi connectivity index (χ1v) is 8.75. The zero-order chi connectivity index (χ0) is 16.6. The van der Waals surface area contributed by atoms with Gasteiger partial charge in [-0.05, 0) is 26.3 Å². The van der Waals surface area contributed by atoms with Gasteiger partial charge in [-0.15, -0.1) is 0 Å². The predicted molar refractivity (Wildman–Crippen MR) is 93.2 cm³/mol. The lowest BCUT2D eigenvalue weighted by Gasteiger charge is -2.26. The second-order valence-corrected chi connectivity index (χ2v) is 5.45. The van der Waals surface area contributed by atoms with Crippen LogP contribution in [-0.2, 0) is 14.2 Å². The molecule has 0 radical (unpaired) electrons. The molecule has 0 saturated carbocycles. The number of hydrogen-bond donors (Lipinski definition) is 2. The Labute approximate surface area is 140 Å². The third-order valence-electron chi connectivity index (χ3n) is 3.54. The molecule has 1 saturated heterocycles. The molecule has 23 heavy (non-hydrogen) atoms. The Morgan fingerprint density at radius 1 is 1.13 bits per heavy atom. The molecule has 1 heterocycles. The second-order valence-electron chi connectivity index (χ2n) is 5.45. The van der Waals surface area contributed by atoms with E-state index in [1.165, 1.54) is 0 Å². The van der Waals surface area contributed by atoms with Crippen LogP contribution in [0.4, 0.5) is 0 Å².